The Bertz CT molecular complexity index is 1740. The molecule has 0 saturated carbocycles. The van der Waals surface area contributed by atoms with Gasteiger partial charge in [0.25, 0.3) is 10.0 Å². The van der Waals surface area contributed by atoms with Crippen molar-refractivity contribution in [1.29, 1.82) is 0 Å². The van der Waals surface area contributed by atoms with Crippen LogP contribution in [0.25, 0.3) is 0 Å². The van der Waals surface area contributed by atoms with Crippen LogP contribution in [0.2, 0.25) is 0 Å². The molecule has 0 fully saturated rings. The number of hydrogen-bond acceptors (Lipinski definition) is 5. The van der Waals surface area contributed by atoms with Gasteiger partial charge in [0.05, 0.1) is 17.7 Å². The van der Waals surface area contributed by atoms with Crippen molar-refractivity contribution in [2.75, 3.05) is 24.5 Å². The van der Waals surface area contributed by atoms with E-state index in [1.54, 1.807) is 24.3 Å². The number of anilines is 1. The summed E-state index contributed by atoms with van der Waals surface area (Å²) in [5, 5.41) is 3.02. The number of sulfonamides is 1. The summed E-state index contributed by atoms with van der Waals surface area (Å²) in [6.07, 6.45) is 1.96. The van der Waals surface area contributed by atoms with Gasteiger partial charge in [-0.15, -0.1) is 0 Å². The molecular weight excluding hydrogens is 611 g/mol. The van der Waals surface area contributed by atoms with Crippen LogP contribution in [0, 0.1) is 20.8 Å². The second-order valence-corrected chi connectivity index (χ2v) is 13.7. The Balaban J connectivity index is 1.83. The van der Waals surface area contributed by atoms with Crippen molar-refractivity contribution in [3.05, 3.63) is 125 Å². The van der Waals surface area contributed by atoms with Crippen LogP contribution in [0.3, 0.4) is 0 Å². The van der Waals surface area contributed by atoms with E-state index in [4.69, 9.17) is 4.74 Å². The molecule has 0 aliphatic carbocycles. The molecule has 4 rings (SSSR count). The van der Waals surface area contributed by atoms with Crippen molar-refractivity contribution in [2.45, 2.75) is 64.4 Å². The van der Waals surface area contributed by atoms with Crippen LogP contribution in [0.1, 0.15) is 47.6 Å². The molecule has 0 aromatic heterocycles. The van der Waals surface area contributed by atoms with Crippen LogP contribution >= 0.6 is 0 Å². The number of carbonyl (C=O) groups is 2. The van der Waals surface area contributed by atoms with E-state index in [0.29, 0.717) is 12.3 Å². The maximum absolute atomic E-state index is 14.7. The molecule has 1 N–H and O–H groups in total. The zero-order valence-corrected chi connectivity index (χ0v) is 28.7. The standard InChI is InChI=1S/C38H45N3O5S/c1-6-7-23-39-38(43)35(25-31-11-9-8-10-12-31)40(26-32-18-13-28(2)14-19-32)37(42)27-41(34-24-30(4)17-22-36(34)46-5)47(44,45)33-20-15-29(3)16-21-33/h8-22,24,35H,6-7,23,25-27H2,1-5H3,(H,39,43)/t35-/m0/s1. The molecule has 0 bridgehead atoms. The first kappa shape index (κ1) is 35.2. The molecule has 47 heavy (non-hydrogen) atoms. The summed E-state index contributed by atoms with van der Waals surface area (Å²) in [5.74, 6) is -0.498. The van der Waals surface area contributed by atoms with Crippen molar-refractivity contribution in [2.24, 2.45) is 0 Å². The van der Waals surface area contributed by atoms with Gasteiger partial charge in [0, 0.05) is 19.5 Å². The van der Waals surface area contributed by atoms with Crippen LogP contribution < -0.4 is 14.4 Å². The van der Waals surface area contributed by atoms with Gasteiger partial charge in [-0.25, -0.2) is 8.42 Å². The fourth-order valence-corrected chi connectivity index (χ4v) is 6.71. The third-order valence-electron chi connectivity index (χ3n) is 8.07. The first-order valence-corrected chi connectivity index (χ1v) is 17.4. The number of benzene rings is 4. The second kappa shape index (κ2) is 16.3. The number of carbonyl (C=O) groups excluding carboxylic acids is 2. The minimum Gasteiger partial charge on any atom is -0.495 e. The van der Waals surface area contributed by atoms with Gasteiger partial charge >= 0.3 is 0 Å². The number of methoxy groups -OCH3 is 1. The van der Waals surface area contributed by atoms with Crippen LogP contribution in [-0.2, 0) is 32.6 Å². The quantitative estimate of drug-likeness (QED) is 0.150. The third-order valence-corrected chi connectivity index (χ3v) is 9.84. The highest BCUT2D eigenvalue weighted by Crippen LogP contribution is 2.34. The Hall–Kier alpha value is -4.63. The summed E-state index contributed by atoms with van der Waals surface area (Å²) in [6, 6.07) is 28.1. The number of rotatable bonds is 15. The number of nitrogens with zero attached hydrogens (tertiary/aromatic N) is 2. The van der Waals surface area contributed by atoms with Crippen LogP contribution in [-0.4, -0.2) is 51.4 Å². The summed E-state index contributed by atoms with van der Waals surface area (Å²) in [5.41, 5.74) is 4.71. The molecule has 9 heteroatoms. The van der Waals surface area contributed by atoms with E-state index in [1.807, 2.05) is 88.4 Å². The highest BCUT2D eigenvalue weighted by Gasteiger charge is 2.35. The van der Waals surface area contributed by atoms with Gasteiger partial charge in [0.2, 0.25) is 11.8 Å². The Labute approximate surface area is 279 Å². The first-order valence-electron chi connectivity index (χ1n) is 15.9. The van der Waals surface area contributed by atoms with Crippen LogP contribution in [0.15, 0.2) is 102 Å². The van der Waals surface area contributed by atoms with Gasteiger partial charge in [-0.3, -0.25) is 13.9 Å². The van der Waals surface area contributed by atoms with Crippen molar-refractivity contribution in [1.82, 2.24) is 10.2 Å². The molecule has 0 spiro atoms. The average Bonchev–Trinajstić information content (AvgIpc) is 3.06. The number of nitrogens with one attached hydrogen (secondary N) is 1. The number of aryl methyl sites for hydroxylation is 3. The fourth-order valence-electron chi connectivity index (χ4n) is 5.30. The lowest BCUT2D eigenvalue weighted by Gasteiger charge is -2.34. The van der Waals surface area contributed by atoms with E-state index in [9.17, 15) is 18.0 Å². The third kappa shape index (κ3) is 9.23. The Kier molecular flexibility index (Phi) is 12.2. The summed E-state index contributed by atoms with van der Waals surface area (Å²) in [6.45, 7) is 7.79. The molecule has 0 radical (unpaired) electrons. The smallest absolute Gasteiger partial charge is 0.264 e. The SMILES string of the molecule is CCCCNC(=O)[C@H](Cc1ccccc1)N(Cc1ccc(C)cc1)C(=O)CN(c1cc(C)ccc1OC)S(=O)(=O)c1ccc(C)cc1. The predicted molar refractivity (Wildman–Crippen MR) is 187 cm³/mol. The van der Waals surface area contributed by atoms with Crippen molar-refractivity contribution in [3.8, 4) is 5.75 Å². The fraction of sp³-hybridized carbons (Fsp3) is 0.316. The lowest BCUT2D eigenvalue weighted by Crippen LogP contribution is -2.53. The molecule has 1 atom stereocenters. The molecule has 0 heterocycles. The molecule has 4 aromatic rings. The van der Waals surface area contributed by atoms with Gasteiger partial charge in [-0.1, -0.05) is 97.3 Å². The molecule has 4 aromatic carbocycles. The minimum atomic E-state index is -4.24. The van der Waals surface area contributed by atoms with Gasteiger partial charge in [0.15, 0.2) is 0 Å². The van der Waals surface area contributed by atoms with E-state index < -0.39 is 28.5 Å². The summed E-state index contributed by atoms with van der Waals surface area (Å²) < 4.78 is 35.4. The number of ether oxygens (including phenoxy) is 1. The second-order valence-electron chi connectivity index (χ2n) is 11.9. The van der Waals surface area contributed by atoms with Crippen molar-refractivity contribution >= 4 is 27.5 Å². The molecule has 0 saturated heterocycles. The van der Waals surface area contributed by atoms with E-state index >= 15 is 0 Å². The Morgan fingerprint density at radius 3 is 2.04 bits per heavy atom. The molecular formula is C38H45N3O5S. The monoisotopic (exact) mass is 655 g/mol. The first-order chi connectivity index (χ1) is 22.5. The zero-order chi connectivity index (χ0) is 34.0. The summed E-state index contributed by atoms with van der Waals surface area (Å²) in [7, 11) is -2.78. The molecule has 248 valence electrons. The predicted octanol–water partition coefficient (Wildman–Crippen LogP) is 6.37. The van der Waals surface area contributed by atoms with Gasteiger partial charge in [-0.05, 0) is 68.1 Å². The van der Waals surface area contributed by atoms with Crippen molar-refractivity contribution in [3.63, 3.8) is 0 Å². The van der Waals surface area contributed by atoms with Crippen LogP contribution in [0.5, 0.6) is 5.75 Å². The lowest BCUT2D eigenvalue weighted by molar-refractivity contribution is -0.140. The lowest BCUT2D eigenvalue weighted by atomic mass is 10.0. The molecule has 8 nitrogen and oxygen atoms in total. The van der Waals surface area contributed by atoms with Gasteiger partial charge < -0.3 is 15.0 Å². The normalized spacial score (nSPS) is 11.9. The van der Waals surface area contributed by atoms with Gasteiger partial charge in [-0.2, -0.15) is 0 Å². The molecule has 0 unspecified atom stereocenters. The molecule has 0 aliphatic rings. The van der Waals surface area contributed by atoms with E-state index in [2.05, 4.69) is 5.32 Å². The average molecular weight is 656 g/mol. The highest BCUT2D eigenvalue weighted by atomic mass is 32.2. The Morgan fingerprint density at radius 1 is 0.809 bits per heavy atom. The zero-order valence-electron chi connectivity index (χ0n) is 27.9. The number of unbranched alkanes of at least 4 members (excludes halogenated alkanes) is 1. The van der Waals surface area contributed by atoms with Crippen molar-refractivity contribution < 1.29 is 22.7 Å². The minimum absolute atomic E-state index is 0.0442. The largest absolute Gasteiger partial charge is 0.495 e. The topological polar surface area (TPSA) is 96.0 Å². The Morgan fingerprint density at radius 2 is 1.43 bits per heavy atom. The summed E-state index contributed by atoms with van der Waals surface area (Å²) in [4.78, 5) is 30.1. The molecule has 2 amide bonds. The molecule has 0 aliphatic heterocycles. The van der Waals surface area contributed by atoms with E-state index in [-0.39, 0.29) is 29.5 Å². The van der Waals surface area contributed by atoms with E-state index in [1.165, 1.54) is 24.1 Å². The van der Waals surface area contributed by atoms with Crippen LogP contribution in [0.4, 0.5) is 5.69 Å². The maximum Gasteiger partial charge on any atom is 0.264 e. The number of hydrogen-bond donors (Lipinski definition) is 1. The highest BCUT2D eigenvalue weighted by molar-refractivity contribution is 7.92. The maximum atomic E-state index is 14.7. The summed E-state index contributed by atoms with van der Waals surface area (Å²) >= 11 is 0. The van der Waals surface area contributed by atoms with E-state index in [0.717, 1.165) is 45.0 Å². The van der Waals surface area contributed by atoms with Gasteiger partial charge in [0.1, 0.15) is 18.3 Å². The number of amides is 2.